The van der Waals surface area contributed by atoms with Gasteiger partial charge in [-0.15, -0.1) is 0 Å². The van der Waals surface area contributed by atoms with E-state index in [0.29, 0.717) is 22.8 Å². The van der Waals surface area contributed by atoms with Crippen molar-refractivity contribution in [1.29, 1.82) is 0 Å². The molecule has 2 aromatic rings. The largest absolute Gasteiger partial charge is 0.493 e. The van der Waals surface area contributed by atoms with Crippen molar-refractivity contribution < 1.29 is 19.0 Å². The Bertz CT molecular complexity index is 672. The fourth-order valence-electron chi connectivity index (χ4n) is 1.89. The summed E-state index contributed by atoms with van der Waals surface area (Å²) in [4.78, 5) is 11.7. The van der Waals surface area contributed by atoms with Crippen LogP contribution >= 0.6 is 0 Å². The van der Waals surface area contributed by atoms with E-state index >= 15 is 0 Å². The van der Waals surface area contributed by atoms with Gasteiger partial charge < -0.3 is 14.2 Å². The van der Waals surface area contributed by atoms with Gasteiger partial charge in [-0.3, -0.25) is 4.79 Å². The van der Waals surface area contributed by atoms with Gasteiger partial charge in [0, 0.05) is 5.56 Å². The third kappa shape index (κ3) is 4.74. The zero-order valence-corrected chi connectivity index (χ0v) is 13.0. The van der Waals surface area contributed by atoms with Gasteiger partial charge in [0.15, 0.2) is 18.1 Å². The van der Waals surface area contributed by atoms with Crippen LogP contribution in [0.15, 0.2) is 53.6 Å². The molecular weight excluding hydrogens is 296 g/mol. The zero-order valence-electron chi connectivity index (χ0n) is 13.0. The number of nitrogens with one attached hydrogen (secondary N) is 1. The number of amides is 1. The number of methoxy groups -OCH3 is 2. The molecule has 0 aliphatic heterocycles. The molecule has 2 rings (SSSR count). The van der Waals surface area contributed by atoms with Gasteiger partial charge in [-0.1, -0.05) is 24.3 Å². The molecule has 0 atom stereocenters. The molecule has 0 bridgehead atoms. The average molecular weight is 314 g/mol. The van der Waals surface area contributed by atoms with Crippen LogP contribution in [0, 0.1) is 0 Å². The maximum absolute atomic E-state index is 11.7. The Balaban J connectivity index is 1.90. The summed E-state index contributed by atoms with van der Waals surface area (Å²) in [5, 5.41) is 3.90. The van der Waals surface area contributed by atoms with Crippen LogP contribution in [0.25, 0.3) is 0 Å². The molecule has 0 aromatic heterocycles. The van der Waals surface area contributed by atoms with Crippen LogP contribution in [0.4, 0.5) is 0 Å². The van der Waals surface area contributed by atoms with E-state index in [0.717, 1.165) is 0 Å². The first-order valence-corrected chi connectivity index (χ1v) is 6.95. The molecule has 6 heteroatoms. The minimum atomic E-state index is -0.355. The van der Waals surface area contributed by atoms with Gasteiger partial charge >= 0.3 is 0 Å². The number of nitrogens with zero attached hydrogens (tertiary/aromatic N) is 1. The van der Waals surface area contributed by atoms with E-state index in [1.54, 1.807) is 38.5 Å². The number of rotatable bonds is 7. The molecule has 0 saturated heterocycles. The molecule has 1 N–H and O–H groups in total. The first kappa shape index (κ1) is 16.4. The Hall–Kier alpha value is -3.02. The van der Waals surface area contributed by atoms with Gasteiger partial charge in [0.1, 0.15) is 5.75 Å². The van der Waals surface area contributed by atoms with Gasteiger partial charge in [0.25, 0.3) is 5.91 Å². The van der Waals surface area contributed by atoms with E-state index in [9.17, 15) is 4.79 Å². The summed E-state index contributed by atoms with van der Waals surface area (Å²) in [6.45, 7) is -0.114. The van der Waals surface area contributed by atoms with Crippen molar-refractivity contribution in [1.82, 2.24) is 5.43 Å². The summed E-state index contributed by atoms with van der Waals surface area (Å²) >= 11 is 0. The Labute approximate surface area is 134 Å². The number of hydrogen-bond acceptors (Lipinski definition) is 5. The molecule has 0 aliphatic carbocycles. The highest BCUT2D eigenvalue weighted by Crippen LogP contribution is 2.29. The number of benzene rings is 2. The van der Waals surface area contributed by atoms with Crippen molar-refractivity contribution in [2.75, 3.05) is 20.8 Å². The second-order valence-corrected chi connectivity index (χ2v) is 4.48. The number of carbonyl (C=O) groups excluding carboxylic acids is 1. The molecule has 0 fully saturated rings. The van der Waals surface area contributed by atoms with E-state index < -0.39 is 0 Å². The van der Waals surface area contributed by atoms with Gasteiger partial charge in [0.2, 0.25) is 0 Å². The summed E-state index contributed by atoms with van der Waals surface area (Å²) < 4.78 is 15.8. The topological polar surface area (TPSA) is 69.2 Å². The molecule has 0 unspecified atom stereocenters. The fraction of sp³-hybridized carbons (Fsp3) is 0.176. The van der Waals surface area contributed by atoms with Crippen molar-refractivity contribution in [3.05, 3.63) is 54.1 Å². The van der Waals surface area contributed by atoms with E-state index in [1.165, 1.54) is 6.21 Å². The first-order valence-electron chi connectivity index (χ1n) is 6.95. The quantitative estimate of drug-likeness (QED) is 0.628. The van der Waals surface area contributed by atoms with Crippen LogP contribution < -0.4 is 19.6 Å². The highest BCUT2D eigenvalue weighted by molar-refractivity contribution is 5.86. The molecule has 0 aliphatic rings. The molecule has 0 radical (unpaired) electrons. The number of hydrazone groups is 1. The lowest BCUT2D eigenvalue weighted by molar-refractivity contribution is -0.123. The van der Waals surface area contributed by atoms with Crippen LogP contribution in [0.2, 0.25) is 0 Å². The highest BCUT2D eigenvalue weighted by Gasteiger charge is 2.07. The molecule has 0 spiro atoms. The fourth-order valence-corrected chi connectivity index (χ4v) is 1.89. The Kier molecular flexibility index (Phi) is 5.99. The predicted octanol–water partition coefficient (Wildman–Crippen LogP) is 2.23. The number of hydrogen-bond donors (Lipinski definition) is 1. The number of para-hydroxylation sites is 2. The Morgan fingerprint density at radius 1 is 1.09 bits per heavy atom. The van der Waals surface area contributed by atoms with Gasteiger partial charge in [-0.25, -0.2) is 5.43 Å². The molecular formula is C17H18N2O4. The minimum absolute atomic E-state index is 0.114. The highest BCUT2D eigenvalue weighted by atomic mass is 16.5. The average Bonchev–Trinajstić information content (AvgIpc) is 2.60. The van der Waals surface area contributed by atoms with Crippen LogP contribution in [-0.2, 0) is 4.79 Å². The summed E-state index contributed by atoms with van der Waals surface area (Å²) in [6, 6.07) is 14.5. The van der Waals surface area contributed by atoms with E-state index in [1.807, 2.05) is 24.3 Å². The molecule has 6 nitrogen and oxygen atoms in total. The summed E-state index contributed by atoms with van der Waals surface area (Å²) in [5.41, 5.74) is 3.09. The monoisotopic (exact) mass is 314 g/mol. The molecule has 1 amide bonds. The van der Waals surface area contributed by atoms with E-state index in [-0.39, 0.29) is 12.5 Å². The third-order valence-corrected chi connectivity index (χ3v) is 2.94. The van der Waals surface area contributed by atoms with Crippen molar-refractivity contribution in [2.24, 2.45) is 5.10 Å². The summed E-state index contributed by atoms with van der Waals surface area (Å²) in [7, 11) is 3.10. The van der Waals surface area contributed by atoms with Crippen molar-refractivity contribution in [2.45, 2.75) is 0 Å². The molecule has 23 heavy (non-hydrogen) atoms. The zero-order chi connectivity index (χ0) is 16.5. The molecule has 2 aromatic carbocycles. The van der Waals surface area contributed by atoms with Crippen LogP contribution in [0.1, 0.15) is 5.56 Å². The molecule has 120 valence electrons. The van der Waals surface area contributed by atoms with Crippen molar-refractivity contribution in [3.63, 3.8) is 0 Å². The maximum atomic E-state index is 11.7. The second kappa shape index (κ2) is 8.43. The predicted molar refractivity (Wildman–Crippen MR) is 87.2 cm³/mol. The Morgan fingerprint density at radius 3 is 2.57 bits per heavy atom. The third-order valence-electron chi connectivity index (χ3n) is 2.94. The van der Waals surface area contributed by atoms with Gasteiger partial charge in [-0.2, -0.15) is 5.10 Å². The SMILES string of the molecule is COc1cccc(C=NNC(=O)COc2ccccc2)c1OC. The Morgan fingerprint density at radius 2 is 1.87 bits per heavy atom. The van der Waals surface area contributed by atoms with Crippen LogP contribution in [-0.4, -0.2) is 32.9 Å². The van der Waals surface area contributed by atoms with E-state index in [4.69, 9.17) is 14.2 Å². The minimum Gasteiger partial charge on any atom is -0.493 e. The van der Waals surface area contributed by atoms with Crippen molar-refractivity contribution in [3.8, 4) is 17.2 Å². The lowest BCUT2D eigenvalue weighted by atomic mass is 10.2. The number of carbonyl (C=O) groups is 1. The normalized spacial score (nSPS) is 10.3. The number of ether oxygens (including phenoxy) is 3. The smallest absolute Gasteiger partial charge is 0.277 e. The van der Waals surface area contributed by atoms with E-state index in [2.05, 4.69) is 10.5 Å². The first-order chi connectivity index (χ1) is 11.2. The van der Waals surface area contributed by atoms with Crippen LogP contribution in [0.3, 0.4) is 0 Å². The molecule has 0 heterocycles. The summed E-state index contributed by atoms with van der Waals surface area (Å²) in [6.07, 6.45) is 1.49. The van der Waals surface area contributed by atoms with Gasteiger partial charge in [0.05, 0.1) is 20.4 Å². The lowest BCUT2D eigenvalue weighted by Crippen LogP contribution is -2.24. The van der Waals surface area contributed by atoms with Crippen molar-refractivity contribution >= 4 is 12.1 Å². The molecule has 0 saturated carbocycles. The van der Waals surface area contributed by atoms with Gasteiger partial charge in [-0.05, 0) is 24.3 Å². The lowest BCUT2D eigenvalue weighted by Gasteiger charge is -2.09. The summed E-state index contributed by atoms with van der Waals surface area (Å²) in [5.74, 6) is 1.41. The van der Waals surface area contributed by atoms with Crippen LogP contribution in [0.5, 0.6) is 17.2 Å². The second-order valence-electron chi connectivity index (χ2n) is 4.48. The maximum Gasteiger partial charge on any atom is 0.277 e. The standard InChI is InChI=1S/C17H18N2O4/c1-21-15-10-6-7-13(17(15)22-2)11-18-19-16(20)12-23-14-8-4-3-5-9-14/h3-11H,12H2,1-2H3,(H,19,20).